The third-order valence-electron chi connectivity index (χ3n) is 9.98. The van der Waals surface area contributed by atoms with Crippen LogP contribution in [0.2, 0.25) is 5.02 Å². The number of hydrogen-bond donors (Lipinski definition) is 3. The fourth-order valence-electron chi connectivity index (χ4n) is 7.36. The minimum absolute atomic E-state index is 0.0144. The van der Waals surface area contributed by atoms with Crippen LogP contribution in [0, 0.1) is 0 Å². The number of fused-ring (bicyclic) bond motifs is 3. The number of aliphatic hydroxyl groups excluding tert-OH is 1. The molecule has 3 aromatic heterocycles. The van der Waals surface area contributed by atoms with E-state index in [1.54, 1.807) is 6.92 Å². The van der Waals surface area contributed by atoms with Crippen molar-refractivity contribution in [2.75, 3.05) is 44.6 Å². The third kappa shape index (κ3) is 6.94. The first-order valence-electron chi connectivity index (χ1n) is 17.2. The number of nitrogens with zero attached hydrogens (tertiary/aromatic N) is 7. The second kappa shape index (κ2) is 14.4. The van der Waals surface area contributed by atoms with Crippen molar-refractivity contribution in [3.8, 4) is 5.75 Å². The van der Waals surface area contributed by atoms with Crippen LogP contribution in [-0.4, -0.2) is 101 Å². The normalized spacial score (nSPS) is 19.2. The van der Waals surface area contributed by atoms with Crippen molar-refractivity contribution in [3.63, 3.8) is 0 Å². The number of anilines is 1. The van der Waals surface area contributed by atoms with Crippen molar-refractivity contribution < 1.29 is 42.1 Å². The summed E-state index contributed by atoms with van der Waals surface area (Å²) in [5.74, 6) is -1.21. The van der Waals surface area contributed by atoms with Gasteiger partial charge < -0.3 is 29.7 Å². The van der Waals surface area contributed by atoms with Crippen molar-refractivity contribution in [3.05, 3.63) is 86.3 Å². The van der Waals surface area contributed by atoms with Gasteiger partial charge in [-0.1, -0.05) is 17.7 Å². The van der Waals surface area contributed by atoms with Crippen LogP contribution in [0.1, 0.15) is 65.4 Å². The Morgan fingerprint density at radius 2 is 1.94 bits per heavy atom. The largest absolute Gasteiger partial charge is 0.505 e. The van der Waals surface area contributed by atoms with Crippen LogP contribution in [0.5, 0.6) is 5.75 Å². The quantitative estimate of drug-likeness (QED) is 0.223. The summed E-state index contributed by atoms with van der Waals surface area (Å²) in [7, 11) is 0. The van der Waals surface area contributed by atoms with Gasteiger partial charge in [0, 0.05) is 38.9 Å². The van der Waals surface area contributed by atoms with Crippen molar-refractivity contribution in [2.45, 2.75) is 56.8 Å². The first kappa shape index (κ1) is 37.4. The zero-order chi connectivity index (χ0) is 38.5. The lowest BCUT2D eigenvalue weighted by atomic mass is 9.85. The van der Waals surface area contributed by atoms with Crippen molar-refractivity contribution in [1.82, 2.24) is 33.9 Å². The number of nitrogens with one attached hydrogen (secondary N) is 1. The monoisotopic (exact) mass is 774 g/mol. The minimum Gasteiger partial charge on any atom is -0.505 e. The van der Waals surface area contributed by atoms with E-state index in [4.69, 9.17) is 21.4 Å². The SMILES string of the molecule is C[C@H]1OC2(CCN(C(=O)c3ncccc3O)CC2)c2c1n(CC(=O)Nc1ccc(C(F)(F)F)cc1Cl)c1nc(C3=CCN(CC(F)CO)CC3)nn1c2=O. The number of ether oxygens (including phenoxy) is 1. The number of piperidine rings is 1. The molecule has 0 radical (unpaired) electrons. The molecule has 7 rings (SSSR count). The Balaban J connectivity index is 1.25. The Hall–Kier alpha value is -4.91. The molecular formula is C35H35ClF4N8O6. The lowest BCUT2D eigenvalue weighted by Gasteiger charge is -2.39. The highest BCUT2D eigenvalue weighted by Crippen LogP contribution is 2.48. The van der Waals surface area contributed by atoms with Gasteiger partial charge in [-0.25, -0.2) is 9.37 Å². The number of hydrogen-bond acceptors (Lipinski definition) is 10. The van der Waals surface area contributed by atoms with Gasteiger partial charge in [0.2, 0.25) is 11.7 Å². The van der Waals surface area contributed by atoms with Crippen LogP contribution in [0.15, 0.2) is 47.4 Å². The number of halogens is 5. The van der Waals surface area contributed by atoms with Gasteiger partial charge in [0.15, 0.2) is 11.5 Å². The maximum atomic E-state index is 14.5. The van der Waals surface area contributed by atoms with E-state index in [-0.39, 0.29) is 71.8 Å². The predicted octanol–water partition coefficient (Wildman–Crippen LogP) is 3.94. The lowest BCUT2D eigenvalue weighted by Crippen LogP contribution is -2.47. The van der Waals surface area contributed by atoms with E-state index < -0.39 is 60.1 Å². The smallest absolute Gasteiger partial charge is 0.416 e. The number of likely N-dealkylation sites (tertiary alicyclic amines) is 1. The minimum atomic E-state index is -4.64. The summed E-state index contributed by atoms with van der Waals surface area (Å²) in [4.78, 5) is 53.4. The Bertz CT molecular complexity index is 2220. The molecule has 1 fully saturated rings. The van der Waals surface area contributed by atoms with Gasteiger partial charge in [0.25, 0.3) is 11.5 Å². The highest BCUT2D eigenvalue weighted by atomic mass is 35.5. The molecule has 6 heterocycles. The number of aromatic hydroxyl groups is 1. The molecule has 3 N–H and O–H groups in total. The second-order valence-corrected chi connectivity index (χ2v) is 13.9. The molecule has 0 aliphatic carbocycles. The number of aromatic nitrogens is 5. The van der Waals surface area contributed by atoms with Gasteiger partial charge in [-0.3, -0.25) is 19.3 Å². The van der Waals surface area contributed by atoms with E-state index in [0.717, 1.165) is 16.6 Å². The molecule has 1 saturated heterocycles. The standard InChI is InChI=1S/C35H35ClF4N8O6/c1-19-29-27(34(54-19)8-13-46(14-9-34)32(53)28-25(50)3-2-10-41-28)31(52)48-33(43-30(44-48)20-6-11-45(12-7-20)16-22(37)18-49)47(29)17-26(51)42-24-5-4-21(15-23(24)36)35(38,39)40/h2-6,10,15,19,22,49-50H,7-9,11-14,16-18H2,1H3,(H,42,51)/t19-,22?/m1/s1. The fourth-order valence-corrected chi connectivity index (χ4v) is 7.59. The predicted molar refractivity (Wildman–Crippen MR) is 186 cm³/mol. The highest BCUT2D eigenvalue weighted by molar-refractivity contribution is 6.33. The molecule has 3 aliphatic rings. The second-order valence-electron chi connectivity index (χ2n) is 13.5. The zero-order valence-corrected chi connectivity index (χ0v) is 29.6. The molecule has 19 heteroatoms. The molecule has 2 amide bonds. The summed E-state index contributed by atoms with van der Waals surface area (Å²) in [5, 5.41) is 26.1. The maximum Gasteiger partial charge on any atom is 0.416 e. The number of amides is 2. The van der Waals surface area contributed by atoms with Gasteiger partial charge in [-0.05, 0) is 62.1 Å². The van der Waals surface area contributed by atoms with Crippen LogP contribution in [0.3, 0.4) is 0 Å². The van der Waals surface area contributed by atoms with E-state index in [1.165, 1.54) is 27.8 Å². The Kier molecular flexibility index (Phi) is 9.97. The Morgan fingerprint density at radius 1 is 1.19 bits per heavy atom. The van der Waals surface area contributed by atoms with Gasteiger partial charge in [0.05, 0.1) is 40.2 Å². The number of pyridine rings is 1. The fraction of sp³-hybridized carbons (Fsp3) is 0.429. The molecule has 1 spiro atoms. The Morgan fingerprint density at radius 3 is 2.59 bits per heavy atom. The summed E-state index contributed by atoms with van der Waals surface area (Å²) in [6.07, 6.45) is -2.80. The van der Waals surface area contributed by atoms with Crippen LogP contribution in [0.4, 0.5) is 23.2 Å². The van der Waals surface area contributed by atoms with Crippen LogP contribution in [0.25, 0.3) is 11.4 Å². The van der Waals surface area contributed by atoms with Gasteiger partial charge >= 0.3 is 6.18 Å². The first-order chi connectivity index (χ1) is 25.7. The third-order valence-corrected chi connectivity index (χ3v) is 10.3. The zero-order valence-electron chi connectivity index (χ0n) is 28.8. The topological polar surface area (TPSA) is 167 Å². The van der Waals surface area contributed by atoms with E-state index in [2.05, 4.69) is 20.4 Å². The maximum absolute atomic E-state index is 14.5. The Labute approximate surface area is 309 Å². The molecule has 54 heavy (non-hydrogen) atoms. The van der Waals surface area contributed by atoms with Gasteiger partial charge in [-0.2, -0.15) is 22.7 Å². The summed E-state index contributed by atoms with van der Waals surface area (Å²) in [6.45, 7) is 1.79. The summed E-state index contributed by atoms with van der Waals surface area (Å²) in [6, 6.07) is 5.42. The van der Waals surface area contributed by atoms with Crippen molar-refractivity contribution in [2.24, 2.45) is 0 Å². The number of aliphatic hydroxyl groups is 1. The molecule has 286 valence electrons. The highest BCUT2D eigenvalue weighted by Gasteiger charge is 2.50. The van der Waals surface area contributed by atoms with Crippen molar-refractivity contribution in [1.29, 1.82) is 0 Å². The molecule has 1 aromatic carbocycles. The van der Waals surface area contributed by atoms with E-state index >= 15 is 0 Å². The van der Waals surface area contributed by atoms with Crippen LogP contribution in [-0.2, 0) is 27.9 Å². The molecule has 2 atom stereocenters. The summed E-state index contributed by atoms with van der Waals surface area (Å²) >= 11 is 6.13. The molecule has 1 unspecified atom stereocenters. The van der Waals surface area contributed by atoms with Crippen LogP contribution >= 0.6 is 11.6 Å². The average Bonchev–Trinajstić information content (AvgIpc) is 3.71. The van der Waals surface area contributed by atoms with Gasteiger partial charge in [0.1, 0.15) is 24.1 Å². The molecule has 4 aromatic rings. The number of benzene rings is 1. The number of carbonyl (C=O) groups excluding carboxylic acids is 2. The molecule has 14 nitrogen and oxygen atoms in total. The number of rotatable bonds is 8. The summed E-state index contributed by atoms with van der Waals surface area (Å²) < 4.78 is 62.7. The summed E-state index contributed by atoms with van der Waals surface area (Å²) in [5.41, 5.74) is -1.61. The number of carbonyl (C=O) groups is 2. The van der Waals surface area contributed by atoms with Crippen molar-refractivity contribution >= 4 is 40.5 Å². The molecular weight excluding hydrogens is 740 g/mol. The molecule has 0 saturated carbocycles. The molecule has 0 bridgehead atoms. The van der Waals surface area contributed by atoms with E-state index in [0.29, 0.717) is 36.8 Å². The molecule has 3 aliphatic heterocycles. The van der Waals surface area contributed by atoms with Crippen LogP contribution < -0.4 is 10.9 Å². The van der Waals surface area contributed by atoms with E-state index in [9.17, 15) is 37.1 Å². The van der Waals surface area contributed by atoms with Gasteiger partial charge in [-0.15, -0.1) is 5.10 Å². The lowest BCUT2D eigenvalue weighted by molar-refractivity contribution is -0.137. The number of alkyl halides is 4. The average molecular weight is 775 g/mol. The van der Waals surface area contributed by atoms with E-state index in [1.807, 2.05) is 11.0 Å². The first-order valence-corrected chi connectivity index (χ1v) is 17.5.